The van der Waals surface area contributed by atoms with Gasteiger partial charge >= 0.3 is 0 Å². The predicted molar refractivity (Wildman–Crippen MR) is 68.2 cm³/mol. The normalized spacial score (nSPS) is 13.4. The van der Waals surface area contributed by atoms with Gasteiger partial charge in [-0.3, -0.25) is 0 Å². The first kappa shape index (κ1) is 12.7. The highest BCUT2D eigenvalue weighted by Gasteiger charge is 2.08. The maximum atomic E-state index is 5.55. The van der Waals surface area contributed by atoms with E-state index in [1.54, 1.807) is 0 Å². The summed E-state index contributed by atoms with van der Waals surface area (Å²) in [6.07, 6.45) is 1.12. The van der Waals surface area contributed by atoms with Crippen molar-refractivity contribution in [2.75, 3.05) is 20.1 Å². The largest absolute Gasteiger partial charge is 0.330 e. The Morgan fingerprint density at radius 2 is 2.27 bits per heavy atom. The Morgan fingerprint density at radius 1 is 1.53 bits per heavy atom. The standard InChI is InChI=1S/C12H22N2S/c1-10(4-6-13)8-14(3)9-12-11(2)5-7-15-12/h5,7,10H,4,6,8-9,13H2,1-3H3. The van der Waals surface area contributed by atoms with Crippen molar-refractivity contribution in [1.82, 2.24) is 4.90 Å². The predicted octanol–water partition coefficient (Wildman–Crippen LogP) is 2.47. The molecule has 1 atom stereocenters. The van der Waals surface area contributed by atoms with Gasteiger partial charge in [-0.05, 0) is 49.9 Å². The van der Waals surface area contributed by atoms with Crippen LogP contribution in [0.5, 0.6) is 0 Å². The number of rotatable bonds is 6. The molecule has 1 aromatic heterocycles. The van der Waals surface area contributed by atoms with Crippen LogP contribution < -0.4 is 5.73 Å². The number of aryl methyl sites for hydroxylation is 1. The minimum atomic E-state index is 0.695. The van der Waals surface area contributed by atoms with Gasteiger partial charge < -0.3 is 10.6 Å². The van der Waals surface area contributed by atoms with Gasteiger partial charge in [0.1, 0.15) is 0 Å². The van der Waals surface area contributed by atoms with E-state index in [4.69, 9.17) is 5.73 Å². The van der Waals surface area contributed by atoms with Gasteiger partial charge in [0.05, 0.1) is 0 Å². The van der Waals surface area contributed by atoms with Gasteiger partial charge in [-0.25, -0.2) is 0 Å². The van der Waals surface area contributed by atoms with E-state index in [9.17, 15) is 0 Å². The number of hydrogen-bond acceptors (Lipinski definition) is 3. The molecule has 3 heteroatoms. The molecule has 0 aliphatic carbocycles. The van der Waals surface area contributed by atoms with Crippen LogP contribution in [-0.2, 0) is 6.54 Å². The summed E-state index contributed by atoms with van der Waals surface area (Å²) in [5, 5.41) is 2.17. The summed E-state index contributed by atoms with van der Waals surface area (Å²) < 4.78 is 0. The Balaban J connectivity index is 2.36. The molecule has 0 aliphatic heterocycles. The van der Waals surface area contributed by atoms with E-state index in [1.807, 2.05) is 11.3 Å². The number of nitrogens with two attached hydrogens (primary N) is 1. The summed E-state index contributed by atoms with van der Waals surface area (Å²) in [7, 11) is 2.19. The van der Waals surface area contributed by atoms with Crippen LogP contribution in [0.2, 0.25) is 0 Å². The molecule has 1 aromatic rings. The van der Waals surface area contributed by atoms with Gasteiger partial charge in [-0.15, -0.1) is 11.3 Å². The van der Waals surface area contributed by atoms with Crippen LogP contribution in [0.3, 0.4) is 0 Å². The summed E-state index contributed by atoms with van der Waals surface area (Å²) in [5.74, 6) is 0.695. The summed E-state index contributed by atoms with van der Waals surface area (Å²) in [5.41, 5.74) is 6.96. The van der Waals surface area contributed by atoms with Crippen LogP contribution in [0.25, 0.3) is 0 Å². The molecular formula is C12H22N2S. The van der Waals surface area contributed by atoms with Crippen LogP contribution >= 0.6 is 11.3 Å². The molecule has 1 rings (SSSR count). The topological polar surface area (TPSA) is 29.3 Å². The Morgan fingerprint density at radius 3 is 2.80 bits per heavy atom. The van der Waals surface area contributed by atoms with Gasteiger partial charge in [-0.2, -0.15) is 0 Å². The minimum absolute atomic E-state index is 0.695. The van der Waals surface area contributed by atoms with Crippen LogP contribution in [-0.4, -0.2) is 25.0 Å². The molecule has 0 saturated heterocycles. The van der Waals surface area contributed by atoms with Crippen LogP contribution in [0.1, 0.15) is 23.8 Å². The number of thiophene rings is 1. The lowest BCUT2D eigenvalue weighted by molar-refractivity contribution is 0.274. The number of nitrogens with zero attached hydrogens (tertiary/aromatic N) is 1. The molecule has 0 amide bonds. The Kier molecular flexibility index (Phi) is 5.29. The molecule has 0 fully saturated rings. The fourth-order valence-electron chi connectivity index (χ4n) is 1.78. The van der Waals surface area contributed by atoms with E-state index >= 15 is 0 Å². The van der Waals surface area contributed by atoms with Crippen LogP contribution in [0, 0.1) is 12.8 Å². The first-order valence-corrected chi connectivity index (χ1v) is 6.43. The molecule has 1 unspecified atom stereocenters. The molecule has 0 bridgehead atoms. The van der Waals surface area contributed by atoms with Crippen molar-refractivity contribution in [2.24, 2.45) is 11.7 Å². The van der Waals surface area contributed by atoms with E-state index in [-0.39, 0.29) is 0 Å². The van der Waals surface area contributed by atoms with Gasteiger partial charge in [0.15, 0.2) is 0 Å². The second kappa shape index (κ2) is 6.26. The highest BCUT2D eigenvalue weighted by Crippen LogP contribution is 2.17. The molecule has 0 aliphatic rings. The van der Waals surface area contributed by atoms with Crippen molar-refractivity contribution in [3.05, 3.63) is 21.9 Å². The third-order valence-electron chi connectivity index (χ3n) is 2.66. The van der Waals surface area contributed by atoms with E-state index in [2.05, 4.69) is 37.2 Å². The summed E-state index contributed by atoms with van der Waals surface area (Å²) in [4.78, 5) is 3.87. The van der Waals surface area contributed by atoms with Gasteiger partial charge in [-0.1, -0.05) is 6.92 Å². The average molecular weight is 226 g/mol. The minimum Gasteiger partial charge on any atom is -0.330 e. The molecule has 0 radical (unpaired) electrons. The average Bonchev–Trinajstić information content (AvgIpc) is 2.52. The van der Waals surface area contributed by atoms with Crippen LogP contribution in [0.15, 0.2) is 11.4 Å². The van der Waals surface area contributed by atoms with Crippen molar-refractivity contribution in [3.8, 4) is 0 Å². The summed E-state index contributed by atoms with van der Waals surface area (Å²) in [6, 6.07) is 2.19. The Hall–Kier alpha value is -0.380. The molecule has 15 heavy (non-hydrogen) atoms. The zero-order valence-corrected chi connectivity index (χ0v) is 10.8. The Labute approximate surface area is 97.1 Å². The maximum Gasteiger partial charge on any atom is 0.0327 e. The van der Waals surface area contributed by atoms with Crippen LogP contribution in [0.4, 0.5) is 0 Å². The number of hydrogen-bond donors (Lipinski definition) is 1. The maximum absolute atomic E-state index is 5.55. The Bertz CT molecular complexity index is 283. The van der Waals surface area contributed by atoms with Gasteiger partial charge in [0.25, 0.3) is 0 Å². The molecule has 1 heterocycles. The van der Waals surface area contributed by atoms with Gasteiger partial charge in [0.2, 0.25) is 0 Å². The van der Waals surface area contributed by atoms with E-state index < -0.39 is 0 Å². The van der Waals surface area contributed by atoms with Gasteiger partial charge in [0, 0.05) is 18.0 Å². The SMILES string of the molecule is Cc1ccsc1CN(C)CC(C)CCN. The van der Waals surface area contributed by atoms with Crippen molar-refractivity contribution in [2.45, 2.75) is 26.8 Å². The van der Waals surface area contributed by atoms with E-state index in [0.29, 0.717) is 5.92 Å². The zero-order valence-electron chi connectivity index (χ0n) is 9.99. The second-order valence-electron chi connectivity index (χ2n) is 4.41. The second-order valence-corrected chi connectivity index (χ2v) is 5.41. The first-order valence-electron chi connectivity index (χ1n) is 5.55. The van der Waals surface area contributed by atoms with Crippen molar-refractivity contribution in [1.29, 1.82) is 0 Å². The highest BCUT2D eigenvalue weighted by molar-refractivity contribution is 7.10. The highest BCUT2D eigenvalue weighted by atomic mass is 32.1. The fourth-order valence-corrected chi connectivity index (χ4v) is 2.77. The zero-order chi connectivity index (χ0) is 11.3. The molecule has 86 valence electrons. The molecule has 2 N–H and O–H groups in total. The quantitative estimate of drug-likeness (QED) is 0.807. The molecule has 0 spiro atoms. The lowest BCUT2D eigenvalue weighted by Gasteiger charge is -2.20. The monoisotopic (exact) mass is 226 g/mol. The third-order valence-corrected chi connectivity index (χ3v) is 3.67. The van der Waals surface area contributed by atoms with Crippen molar-refractivity contribution >= 4 is 11.3 Å². The van der Waals surface area contributed by atoms with E-state index in [0.717, 1.165) is 26.1 Å². The summed E-state index contributed by atoms with van der Waals surface area (Å²) in [6.45, 7) is 7.45. The molecular weight excluding hydrogens is 204 g/mol. The molecule has 0 aromatic carbocycles. The molecule has 0 saturated carbocycles. The third kappa shape index (κ3) is 4.33. The van der Waals surface area contributed by atoms with Crippen molar-refractivity contribution in [3.63, 3.8) is 0 Å². The smallest absolute Gasteiger partial charge is 0.0327 e. The lowest BCUT2D eigenvalue weighted by Crippen LogP contribution is -2.25. The van der Waals surface area contributed by atoms with Crippen molar-refractivity contribution < 1.29 is 0 Å². The van der Waals surface area contributed by atoms with E-state index in [1.165, 1.54) is 10.4 Å². The first-order chi connectivity index (χ1) is 7.13. The lowest BCUT2D eigenvalue weighted by atomic mass is 10.1. The fraction of sp³-hybridized carbons (Fsp3) is 0.667. The summed E-state index contributed by atoms with van der Waals surface area (Å²) >= 11 is 1.85. The molecule has 2 nitrogen and oxygen atoms in total.